The molecule has 4 aromatic carbocycles. The van der Waals surface area contributed by atoms with Crippen LogP contribution in [0.25, 0.3) is 5.76 Å². The molecule has 0 aliphatic carbocycles. The lowest BCUT2D eigenvalue weighted by atomic mass is 9.94. The normalized spacial score (nSPS) is 17.1. The van der Waals surface area contributed by atoms with Crippen LogP contribution in [-0.2, 0) is 22.6 Å². The van der Waals surface area contributed by atoms with E-state index in [-0.39, 0.29) is 17.9 Å². The van der Waals surface area contributed by atoms with E-state index in [0.29, 0.717) is 60.4 Å². The average Bonchev–Trinajstić information content (AvgIpc) is 3.31. The van der Waals surface area contributed by atoms with Gasteiger partial charge in [-0.25, -0.2) is 0 Å². The molecule has 43 heavy (non-hydrogen) atoms. The summed E-state index contributed by atoms with van der Waals surface area (Å²) in [5, 5.41) is 11.6. The highest BCUT2D eigenvalue weighted by atomic mass is 16.6. The standard InChI is InChI=1S/C35H31NO7/c1-40-29-20-25(12-14-27(29)43-22-24-10-6-3-7-11-24)32-31(33(37)26-13-15-28-30(21-26)42-19-18-41-28)34(38)35(39)36(32)17-16-23-8-4-2-5-9-23/h2-15,20-21,32,37H,16-19,22H2,1H3/b33-31+/t32-/m1/s1. The monoisotopic (exact) mass is 577 g/mol. The Labute approximate surface area is 249 Å². The maximum Gasteiger partial charge on any atom is 0.295 e. The van der Waals surface area contributed by atoms with Gasteiger partial charge in [0, 0.05) is 12.1 Å². The molecule has 2 aliphatic heterocycles. The third kappa shape index (κ3) is 5.77. The second kappa shape index (κ2) is 12.3. The summed E-state index contributed by atoms with van der Waals surface area (Å²) in [6.45, 7) is 1.42. The topological polar surface area (TPSA) is 94.5 Å². The number of benzene rings is 4. The van der Waals surface area contributed by atoms with Crippen LogP contribution in [0.4, 0.5) is 0 Å². The van der Waals surface area contributed by atoms with Crippen molar-refractivity contribution in [2.75, 3.05) is 26.9 Å². The minimum Gasteiger partial charge on any atom is -0.507 e. The molecular formula is C35H31NO7. The fourth-order valence-electron chi connectivity index (χ4n) is 5.41. The van der Waals surface area contributed by atoms with Crippen LogP contribution >= 0.6 is 0 Å². The number of rotatable bonds is 9. The molecule has 0 bridgehead atoms. The first kappa shape index (κ1) is 27.9. The second-order valence-electron chi connectivity index (χ2n) is 10.3. The van der Waals surface area contributed by atoms with Gasteiger partial charge in [0.25, 0.3) is 11.7 Å². The van der Waals surface area contributed by atoms with E-state index in [1.165, 1.54) is 12.0 Å². The first-order chi connectivity index (χ1) is 21.0. The number of methoxy groups -OCH3 is 1. The summed E-state index contributed by atoms with van der Waals surface area (Å²) in [5.41, 5.74) is 2.98. The number of amides is 1. The fourth-order valence-corrected chi connectivity index (χ4v) is 5.41. The quantitative estimate of drug-likeness (QED) is 0.155. The first-order valence-corrected chi connectivity index (χ1v) is 14.1. The van der Waals surface area contributed by atoms with Gasteiger partial charge in [-0.3, -0.25) is 9.59 Å². The molecule has 8 nitrogen and oxygen atoms in total. The second-order valence-corrected chi connectivity index (χ2v) is 10.3. The van der Waals surface area contributed by atoms with Crippen molar-refractivity contribution >= 4 is 17.4 Å². The highest BCUT2D eigenvalue weighted by Gasteiger charge is 2.46. The van der Waals surface area contributed by atoms with E-state index < -0.39 is 17.7 Å². The molecule has 4 aromatic rings. The molecule has 6 rings (SSSR count). The van der Waals surface area contributed by atoms with Gasteiger partial charge in [0.15, 0.2) is 23.0 Å². The number of carbonyl (C=O) groups is 2. The van der Waals surface area contributed by atoms with Crippen molar-refractivity contribution in [2.45, 2.75) is 19.1 Å². The summed E-state index contributed by atoms with van der Waals surface area (Å²) in [6, 6.07) is 28.9. The summed E-state index contributed by atoms with van der Waals surface area (Å²) in [4.78, 5) is 28.6. The largest absolute Gasteiger partial charge is 0.507 e. The molecule has 8 heteroatoms. The molecule has 0 radical (unpaired) electrons. The van der Waals surface area contributed by atoms with Crippen molar-refractivity contribution in [1.29, 1.82) is 0 Å². The zero-order valence-corrected chi connectivity index (χ0v) is 23.7. The number of hydrogen-bond acceptors (Lipinski definition) is 7. The number of Topliss-reactive ketones (excluding diaryl/α,β-unsaturated/α-hetero) is 1. The lowest BCUT2D eigenvalue weighted by Crippen LogP contribution is -2.31. The molecule has 0 spiro atoms. The zero-order valence-electron chi connectivity index (χ0n) is 23.7. The Balaban J connectivity index is 1.39. The van der Waals surface area contributed by atoms with Crippen LogP contribution in [0.5, 0.6) is 23.0 Å². The summed E-state index contributed by atoms with van der Waals surface area (Å²) >= 11 is 0. The van der Waals surface area contributed by atoms with Crippen LogP contribution in [0.1, 0.15) is 28.3 Å². The predicted molar refractivity (Wildman–Crippen MR) is 160 cm³/mol. The Morgan fingerprint density at radius 1 is 0.837 bits per heavy atom. The van der Waals surface area contributed by atoms with E-state index in [0.717, 1.165) is 11.1 Å². The predicted octanol–water partition coefficient (Wildman–Crippen LogP) is 5.71. The minimum atomic E-state index is -0.853. The van der Waals surface area contributed by atoms with Crippen LogP contribution in [-0.4, -0.2) is 48.6 Å². The molecule has 0 aromatic heterocycles. The lowest BCUT2D eigenvalue weighted by Gasteiger charge is -2.26. The maximum atomic E-state index is 13.6. The summed E-state index contributed by atoms with van der Waals surface area (Å²) in [5.74, 6) is 0.262. The number of aliphatic hydroxyl groups excluding tert-OH is 1. The van der Waals surface area contributed by atoms with Gasteiger partial charge in [-0.15, -0.1) is 0 Å². The highest BCUT2D eigenvalue weighted by Crippen LogP contribution is 2.43. The van der Waals surface area contributed by atoms with E-state index in [1.807, 2.05) is 60.7 Å². The van der Waals surface area contributed by atoms with E-state index in [4.69, 9.17) is 18.9 Å². The van der Waals surface area contributed by atoms with Gasteiger partial charge < -0.3 is 29.0 Å². The maximum absolute atomic E-state index is 13.6. The number of nitrogens with zero attached hydrogens (tertiary/aromatic N) is 1. The van der Waals surface area contributed by atoms with E-state index in [9.17, 15) is 14.7 Å². The van der Waals surface area contributed by atoms with Crippen LogP contribution in [0.3, 0.4) is 0 Å². The third-order valence-electron chi connectivity index (χ3n) is 7.58. The molecule has 1 saturated heterocycles. The van der Waals surface area contributed by atoms with Gasteiger partial charge in [-0.05, 0) is 53.4 Å². The molecule has 218 valence electrons. The van der Waals surface area contributed by atoms with E-state index >= 15 is 0 Å². The minimum absolute atomic E-state index is 0.00486. The van der Waals surface area contributed by atoms with Crippen molar-refractivity contribution in [3.63, 3.8) is 0 Å². The molecule has 1 atom stereocenters. The van der Waals surface area contributed by atoms with E-state index in [2.05, 4.69) is 0 Å². The van der Waals surface area contributed by atoms with Crippen molar-refractivity contribution < 1.29 is 33.6 Å². The van der Waals surface area contributed by atoms with Crippen LogP contribution in [0.15, 0.2) is 103 Å². The molecule has 1 amide bonds. The first-order valence-electron chi connectivity index (χ1n) is 14.1. The van der Waals surface area contributed by atoms with Crippen molar-refractivity contribution in [1.82, 2.24) is 4.90 Å². The number of ether oxygens (including phenoxy) is 4. The van der Waals surface area contributed by atoms with Gasteiger partial charge in [0.2, 0.25) is 0 Å². The van der Waals surface area contributed by atoms with Gasteiger partial charge in [0.05, 0.1) is 18.7 Å². The van der Waals surface area contributed by atoms with E-state index in [1.54, 1.807) is 36.4 Å². The Morgan fingerprint density at radius 2 is 1.53 bits per heavy atom. The van der Waals surface area contributed by atoms with Gasteiger partial charge in [-0.2, -0.15) is 0 Å². The molecule has 0 saturated carbocycles. The van der Waals surface area contributed by atoms with Crippen LogP contribution in [0, 0.1) is 0 Å². The number of fused-ring (bicyclic) bond motifs is 1. The highest BCUT2D eigenvalue weighted by molar-refractivity contribution is 6.46. The number of ketones is 1. The Hall–Kier alpha value is -5.24. The van der Waals surface area contributed by atoms with Crippen molar-refractivity contribution in [3.05, 3.63) is 125 Å². The van der Waals surface area contributed by atoms with Gasteiger partial charge in [-0.1, -0.05) is 66.7 Å². The Morgan fingerprint density at radius 3 is 2.26 bits per heavy atom. The number of carbonyl (C=O) groups excluding carboxylic acids is 2. The van der Waals surface area contributed by atoms with Gasteiger partial charge >= 0.3 is 0 Å². The lowest BCUT2D eigenvalue weighted by molar-refractivity contribution is -0.139. The van der Waals surface area contributed by atoms with Gasteiger partial charge in [0.1, 0.15) is 25.6 Å². The Kier molecular flexibility index (Phi) is 8.00. The van der Waals surface area contributed by atoms with Crippen LogP contribution < -0.4 is 18.9 Å². The summed E-state index contributed by atoms with van der Waals surface area (Å²) in [6.07, 6.45) is 0.532. The fraction of sp³-hybridized carbons (Fsp3) is 0.200. The smallest absolute Gasteiger partial charge is 0.295 e. The number of likely N-dealkylation sites (tertiary alicyclic amines) is 1. The average molecular weight is 578 g/mol. The molecule has 2 heterocycles. The number of hydrogen-bond donors (Lipinski definition) is 1. The molecular weight excluding hydrogens is 546 g/mol. The Bertz CT molecular complexity index is 1670. The van der Waals surface area contributed by atoms with Crippen molar-refractivity contribution in [2.24, 2.45) is 0 Å². The molecule has 2 aliphatic rings. The number of aliphatic hydroxyl groups is 1. The summed E-state index contributed by atoms with van der Waals surface area (Å²) < 4.78 is 23.0. The SMILES string of the molecule is COc1cc([C@@H]2/C(=C(\O)c3ccc4c(c3)OCCO4)C(=O)C(=O)N2CCc2ccccc2)ccc1OCc1ccccc1. The zero-order chi connectivity index (χ0) is 29.8. The molecule has 0 unspecified atom stereocenters. The van der Waals surface area contributed by atoms with Crippen molar-refractivity contribution in [3.8, 4) is 23.0 Å². The third-order valence-corrected chi connectivity index (χ3v) is 7.58. The molecule has 1 fully saturated rings. The van der Waals surface area contributed by atoms with Crippen LogP contribution in [0.2, 0.25) is 0 Å². The summed E-state index contributed by atoms with van der Waals surface area (Å²) in [7, 11) is 1.54. The molecule has 1 N–H and O–H groups in total.